The number of carbonyl (C=O) groups is 2. The molecule has 2 amide bonds. The van der Waals surface area contributed by atoms with E-state index in [0.717, 1.165) is 37.1 Å². The van der Waals surface area contributed by atoms with Gasteiger partial charge in [0.1, 0.15) is 6.04 Å². The van der Waals surface area contributed by atoms with E-state index in [4.69, 9.17) is 0 Å². The van der Waals surface area contributed by atoms with Gasteiger partial charge in [-0.1, -0.05) is 6.92 Å². The zero-order valence-corrected chi connectivity index (χ0v) is 17.8. The van der Waals surface area contributed by atoms with Crippen molar-refractivity contribution in [1.82, 2.24) is 30.4 Å². The minimum Gasteiger partial charge on any atom is -0.323 e. The molecule has 1 aromatic heterocycles. The molecule has 2 bridgehead atoms. The van der Waals surface area contributed by atoms with Gasteiger partial charge in [-0.25, -0.2) is 5.10 Å². The lowest BCUT2D eigenvalue weighted by atomic mass is 10.1. The molecule has 32 heavy (non-hydrogen) atoms. The fourth-order valence-electron chi connectivity index (χ4n) is 5.84. The van der Waals surface area contributed by atoms with Gasteiger partial charge in [0.25, 0.3) is 0 Å². The molecule has 2 aromatic rings. The van der Waals surface area contributed by atoms with Gasteiger partial charge in [0.2, 0.25) is 11.8 Å². The first-order valence-electron chi connectivity index (χ1n) is 11.2. The Balaban J connectivity index is 1.11. The molecule has 0 radical (unpaired) electrons. The van der Waals surface area contributed by atoms with Gasteiger partial charge in [-0.05, 0) is 59.9 Å². The van der Waals surface area contributed by atoms with Gasteiger partial charge >= 0.3 is 0 Å². The zero-order chi connectivity index (χ0) is 22.0. The molecule has 4 aliphatic rings. The molecule has 6 atom stereocenters. The maximum absolute atomic E-state index is 13.2. The highest BCUT2D eigenvalue weighted by Crippen LogP contribution is 2.48. The molecule has 3 aliphatic heterocycles. The SMILES string of the molecule is C[C@@H](CN1C[C@@H]2C[C@H]1C(=O)N2c1ccc(-c2nnn[nH]2)cc1)C(=O)N1C2C[C@H]2C[C@H]1C#N. The van der Waals surface area contributed by atoms with Crippen LogP contribution in [0.2, 0.25) is 0 Å². The summed E-state index contributed by atoms with van der Waals surface area (Å²) in [5.74, 6) is 1.03. The number of H-pyrrole nitrogens is 1. The number of amides is 2. The van der Waals surface area contributed by atoms with Gasteiger partial charge in [-0.15, -0.1) is 5.10 Å². The van der Waals surface area contributed by atoms with Crippen molar-refractivity contribution in [2.75, 3.05) is 18.0 Å². The predicted octanol–water partition coefficient (Wildman–Crippen LogP) is 0.805. The van der Waals surface area contributed by atoms with Crippen LogP contribution >= 0.6 is 0 Å². The molecule has 6 rings (SSSR count). The molecule has 1 saturated carbocycles. The lowest BCUT2D eigenvalue weighted by Crippen LogP contribution is -2.53. The van der Waals surface area contributed by atoms with Crippen LogP contribution in [0.1, 0.15) is 26.2 Å². The van der Waals surface area contributed by atoms with Gasteiger partial charge < -0.3 is 9.80 Å². The average molecular weight is 432 g/mol. The molecule has 1 aromatic carbocycles. The number of tetrazole rings is 1. The summed E-state index contributed by atoms with van der Waals surface area (Å²) in [4.78, 5) is 32.1. The number of hydrogen-bond acceptors (Lipinski definition) is 7. The number of anilines is 1. The first-order chi connectivity index (χ1) is 15.5. The molecule has 164 valence electrons. The highest BCUT2D eigenvalue weighted by molar-refractivity contribution is 6.01. The van der Waals surface area contributed by atoms with Crippen LogP contribution in [-0.4, -0.2) is 79.5 Å². The molecular formula is C22H24N8O2. The molecule has 1 unspecified atom stereocenters. The Kier molecular flexibility index (Phi) is 4.30. The second kappa shape index (κ2) is 7.10. The molecule has 0 spiro atoms. The molecule has 10 nitrogen and oxygen atoms in total. The second-order valence-electron chi connectivity index (χ2n) is 9.45. The normalized spacial score (nSPS) is 31.6. The predicted molar refractivity (Wildman–Crippen MR) is 113 cm³/mol. The topological polar surface area (TPSA) is 122 Å². The second-order valence-corrected chi connectivity index (χ2v) is 9.45. The van der Waals surface area contributed by atoms with Gasteiger partial charge in [0.05, 0.1) is 18.2 Å². The van der Waals surface area contributed by atoms with E-state index >= 15 is 0 Å². The minimum absolute atomic E-state index is 0.0612. The number of piperidine rings is 1. The fourth-order valence-corrected chi connectivity index (χ4v) is 5.84. The average Bonchev–Trinajstić information content (AvgIpc) is 3.25. The fraction of sp³-hybridized carbons (Fsp3) is 0.545. The number of aromatic nitrogens is 4. The van der Waals surface area contributed by atoms with E-state index in [1.165, 1.54) is 0 Å². The van der Waals surface area contributed by atoms with Crippen molar-refractivity contribution in [3.05, 3.63) is 24.3 Å². The van der Waals surface area contributed by atoms with E-state index in [-0.39, 0.29) is 41.9 Å². The molecule has 4 fully saturated rings. The minimum atomic E-state index is -0.281. The molecule has 1 aliphatic carbocycles. The van der Waals surface area contributed by atoms with E-state index < -0.39 is 0 Å². The Morgan fingerprint density at radius 3 is 2.78 bits per heavy atom. The number of piperazine rings is 1. The van der Waals surface area contributed by atoms with E-state index in [1.54, 1.807) is 0 Å². The number of rotatable bonds is 5. The van der Waals surface area contributed by atoms with Crippen molar-refractivity contribution in [3.63, 3.8) is 0 Å². The van der Waals surface area contributed by atoms with E-state index in [1.807, 2.05) is 41.0 Å². The summed E-state index contributed by atoms with van der Waals surface area (Å²) in [5.41, 5.74) is 1.73. The molecular weight excluding hydrogens is 408 g/mol. The Hall–Kier alpha value is -3.32. The summed E-state index contributed by atoms with van der Waals surface area (Å²) in [5, 5.41) is 23.2. The van der Waals surface area contributed by atoms with Crippen LogP contribution in [0.4, 0.5) is 5.69 Å². The van der Waals surface area contributed by atoms with E-state index in [0.29, 0.717) is 18.3 Å². The van der Waals surface area contributed by atoms with Crippen molar-refractivity contribution in [2.24, 2.45) is 11.8 Å². The van der Waals surface area contributed by atoms with Crippen LogP contribution in [0, 0.1) is 23.2 Å². The summed E-state index contributed by atoms with van der Waals surface area (Å²) in [7, 11) is 0. The number of benzene rings is 1. The number of nitrogens with zero attached hydrogens (tertiary/aromatic N) is 7. The summed E-state index contributed by atoms with van der Waals surface area (Å²) in [6.07, 6.45) is 2.63. The molecule has 1 N–H and O–H groups in total. The Morgan fingerprint density at radius 2 is 2.09 bits per heavy atom. The summed E-state index contributed by atoms with van der Waals surface area (Å²) >= 11 is 0. The molecule has 10 heteroatoms. The Morgan fingerprint density at radius 1 is 1.28 bits per heavy atom. The van der Waals surface area contributed by atoms with Gasteiger partial charge in [-0.2, -0.15) is 5.26 Å². The van der Waals surface area contributed by atoms with Crippen molar-refractivity contribution in [1.29, 1.82) is 5.26 Å². The number of nitrogens with one attached hydrogen (secondary N) is 1. The van der Waals surface area contributed by atoms with E-state index in [9.17, 15) is 14.9 Å². The maximum Gasteiger partial charge on any atom is 0.244 e. The summed E-state index contributed by atoms with van der Waals surface area (Å²) in [6, 6.07) is 9.86. The van der Waals surface area contributed by atoms with Gasteiger partial charge in [-0.3, -0.25) is 14.5 Å². The van der Waals surface area contributed by atoms with Gasteiger partial charge in [0, 0.05) is 36.3 Å². The third-order valence-corrected chi connectivity index (χ3v) is 7.47. The Labute approximate surface area is 185 Å². The first kappa shape index (κ1) is 19.4. The summed E-state index contributed by atoms with van der Waals surface area (Å²) in [6.45, 7) is 3.25. The third-order valence-electron chi connectivity index (χ3n) is 7.47. The number of nitriles is 1. The molecule has 4 heterocycles. The van der Waals surface area contributed by atoms with Crippen LogP contribution in [0.15, 0.2) is 24.3 Å². The lowest BCUT2D eigenvalue weighted by Gasteiger charge is -2.35. The zero-order valence-electron chi connectivity index (χ0n) is 17.8. The van der Waals surface area contributed by atoms with Crippen LogP contribution in [-0.2, 0) is 9.59 Å². The van der Waals surface area contributed by atoms with Crippen molar-refractivity contribution in [3.8, 4) is 17.5 Å². The number of carbonyl (C=O) groups excluding carboxylic acids is 2. The van der Waals surface area contributed by atoms with Crippen LogP contribution < -0.4 is 4.90 Å². The molecule has 3 saturated heterocycles. The number of fused-ring (bicyclic) bond motifs is 3. The van der Waals surface area contributed by atoms with Crippen LogP contribution in [0.3, 0.4) is 0 Å². The largest absolute Gasteiger partial charge is 0.323 e. The van der Waals surface area contributed by atoms with E-state index in [2.05, 4.69) is 31.6 Å². The van der Waals surface area contributed by atoms with Crippen molar-refractivity contribution >= 4 is 17.5 Å². The summed E-state index contributed by atoms with van der Waals surface area (Å²) < 4.78 is 0. The maximum atomic E-state index is 13.2. The third kappa shape index (κ3) is 2.92. The highest BCUT2D eigenvalue weighted by atomic mass is 16.2. The Bertz CT molecular complexity index is 1090. The smallest absolute Gasteiger partial charge is 0.244 e. The quantitative estimate of drug-likeness (QED) is 0.742. The number of aromatic amines is 1. The monoisotopic (exact) mass is 432 g/mol. The van der Waals surface area contributed by atoms with Gasteiger partial charge in [0.15, 0.2) is 5.82 Å². The van der Waals surface area contributed by atoms with Crippen molar-refractivity contribution in [2.45, 2.75) is 50.4 Å². The van der Waals surface area contributed by atoms with Crippen molar-refractivity contribution < 1.29 is 9.59 Å². The number of hydrogen-bond donors (Lipinski definition) is 1. The first-order valence-corrected chi connectivity index (χ1v) is 11.2. The lowest BCUT2D eigenvalue weighted by molar-refractivity contribution is -0.137. The highest BCUT2D eigenvalue weighted by Gasteiger charge is 2.55. The van der Waals surface area contributed by atoms with Crippen LogP contribution in [0.5, 0.6) is 0 Å². The van der Waals surface area contributed by atoms with Crippen LogP contribution in [0.25, 0.3) is 11.4 Å². The number of likely N-dealkylation sites (tertiary alicyclic amines) is 2. The standard InChI is InChI=1S/C22H24N8O2/c1-12(21(31)30-16(9-23)6-14-7-18(14)30)10-28-11-17-8-19(28)22(32)29(17)15-4-2-13(3-5-15)20-24-26-27-25-20/h2-5,12,14,16-19H,6-8,10-11H2,1H3,(H,24,25,26,27)/t12-,14+,16-,17-,18?,19-/m0/s1.